The van der Waals surface area contributed by atoms with Crippen molar-refractivity contribution in [2.45, 2.75) is 18.9 Å². The van der Waals surface area contributed by atoms with E-state index in [0.717, 1.165) is 16.6 Å². The maximum Gasteiger partial charge on any atom is 0.257 e. The molecule has 0 saturated carbocycles. The highest BCUT2D eigenvalue weighted by Crippen LogP contribution is 2.25. The van der Waals surface area contributed by atoms with Crippen molar-refractivity contribution in [3.05, 3.63) is 34.9 Å². The average molecular weight is 514 g/mol. The van der Waals surface area contributed by atoms with Gasteiger partial charge in [0.15, 0.2) is 0 Å². The number of halogens is 2. The van der Waals surface area contributed by atoms with Crippen molar-refractivity contribution >= 4 is 45.1 Å². The third-order valence-electron chi connectivity index (χ3n) is 5.54. The Kier molecular flexibility index (Phi) is 7.45. The number of anilines is 3. The van der Waals surface area contributed by atoms with Crippen LogP contribution in [0.15, 0.2) is 18.2 Å². The molecular formula is C20H25ClFN7O4S. The molecule has 0 aliphatic carbocycles. The Labute approximate surface area is 201 Å². The van der Waals surface area contributed by atoms with Gasteiger partial charge >= 0.3 is 0 Å². The highest BCUT2D eigenvalue weighted by molar-refractivity contribution is 7.92. The van der Waals surface area contributed by atoms with Gasteiger partial charge in [0.25, 0.3) is 5.91 Å². The Morgan fingerprint density at radius 1 is 1.24 bits per heavy atom. The van der Waals surface area contributed by atoms with Crippen molar-refractivity contribution < 1.29 is 22.3 Å². The van der Waals surface area contributed by atoms with E-state index in [-0.39, 0.29) is 28.8 Å². The van der Waals surface area contributed by atoms with Crippen molar-refractivity contribution in [3.63, 3.8) is 0 Å². The van der Waals surface area contributed by atoms with Crippen LogP contribution in [0.5, 0.6) is 0 Å². The summed E-state index contributed by atoms with van der Waals surface area (Å²) >= 11 is 6.09. The molecule has 4 rings (SSSR count). The maximum absolute atomic E-state index is 14.4. The fraction of sp³-hybridized carbons (Fsp3) is 0.500. The van der Waals surface area contributed by atoms with E-state index in [2.05, 4.69) is 25.6 Å². The molecular weight excluding hydrogens is 489 g/mol. The van der Waals surface area contributed by atoms with Crippen LogP contribution >= 0.6 is 11.6 Å². The van der Waals surface area contributed by atoms with E-state index in [1.165, 1.54) is 17.0 Å². The zero-order chi connectivity index (χ0) is 24.3. The third-order valence-corrected chi connectivity index (χ3v) is 6.89. The predicted octanol–water partition coefficient (Wildman–Crippen LogP) is 1.40. The molecule has 2 aliphatic rings. The topological polar surface area (TPSA) is 130 Å². The number of sulfonamides is 1. The van der Waals surface area contributed by atoms with E-state index in [9.17, 15) is 17.6 Å². The first-order valence-corrected chi connectivity index (χ1v) is 13.0. The number of rotatable bonds is 6. The van der Waals surface area contributed by atoms with Gasteiger partial charge in [0.05, 0.1) is 31.1 Å². The summed E-state index contributed by atoms with van der Waals surface area (Å²) in [5.74, 6) is -1.25. The molecule has 0 spiro atoms. The molecule has 0 unspecified atom stereocenters. The maximum atomic E-state index is 14.4. The Morgan fingerprint density at radius 3 is 2.62 bits per heavy atom. The van der Waals surface area contributed by atoms with Crippen LogP contribution in [0, 0.1) is 5.82 Å². The van der Waals surface area contributed by atoms with Crippen molar-refractivity contribution in [2.75, 3.05) is 55.3 Å². The molecule has 14 heteroatoms. The van der Waals surface area contributed by atoms with E-state index in [0.29, 0.717) is 57.9 Å². The van der Waals surface area contributed by atoms with Gasteiger partial charge in [0.1, 0.15) is 5.82 Å². The number of hydrogen-bond donors (Lipinski definition) is 2. The van der Waals surface area contributed by atoms with E-state index >= 15 is 0 Å². The summed E-state index contributed by atoms with van der Waals surface area (Å²) in [5, 5.41) is 5.86. The number of nitrogens with one attached hydrogen (secondary N) is 2. The zero-order valence-electron chi connectivity index (χ0n) is 18.5. The third kappa shape index (κ3) is 5.71. The summed E-state index contributed by atoms with van der Waals surface area (Å²) in [5.41, 5.74) is 0.221. The molecule has 0 atom stereocenters. The quantitative estimate of drug-likeness (QED) is 0.588. The molecule has 1 aromatic carbocycles. The number of ether oxygens (including phenoxy) is 1. The first-order valence-electron chi connectivity index (χ1n) is 10.8. The predicted molar refractivity (Wildman–Crippen MR) is 124 cm³/mol. The van der Waals surface area contributed by atoms with Crippen LogP contribution in [0.4, 0.5) is 22.0 Å². The van der Waals surface area contributed by atoms with Crippen LogP contribution in [0.3, 0.4) is 0 Å². The smallest absolute Gasteiger partial charge is 0.257 e. The number of aromatic nitrogens is 3. The second-order valence-corrected chi connectivity index (χ2v) is 10.2. The second-order valence-electron chi connectivity index (χ2n) is 7.99. The van der Waals surface area contributed by atoms with E-state index < -0.39 is 21.7 Å². The lowest BCUT2D eigenvalue weighted by Crippen LogP contribution is -2.46. The molecule has 2 aromatic rings. The number of carbonyl (C=O) groups excluding carboxylic acids is 1. The van der Waals surface area contributed by atoms with Gasteiger partial charge < -0.3 is 20.3 Å². The number of nitrogens with zero attached hydrogens (tertiary/aromatic N) is 5. The summed E-state index contributed by atoms with van der Waals surface area (Å²) in [7, 11) is -3.70. The standard InChI is InChI=1S/C20H25ClFN7O4S/c1-34(31,32)29(14-4-6-23-7-5-14)20-26-18(21)25-19(27-20)24-13-2-3-16(22)15(12-13)17(30)28-8-10-33-11-9-28/h2-3,12,14,23H,4-11H2,1H3,(H,24,25,26,27). The fourth-order valence-corrected chi connectivity index (χ4v) is 5.24. The van der Waals surface area contributed by atoms with Gasteiger partial charge in [0.2, 0.25) is 27.2 Å². The number of amides is 1. The fourth-order valence-electron chi connectivity index (χ4n) is 3.95. The van der Waals surface area contributed by atoms with Gasteiger partial charge in [-0.1, -0.05) is 0 Å². The molecule has 1 amide bonds. The molecule has 2 fully saturated rings. The van der Waals surface area contributed by atoms with E-state index in [4.69, 9.17) is 16.3 Å². The summed E-state index contributed by atoms with van der Waals surface area (Å²) in [6.45, 7) is 2.86. The normalized spacial score (nSPS) is 17.4. The molecule has 184 valence electrons. The lowest BCUT2D eigenvalue weighted by molar-refractivity contribution is 0.0300. The van der Waals surface area contributed by atoms with Crippen LogP contribution < -0.4 is 14.9 Å². The van der Waals surface area contributed by atoms with E-state index in [1.807, 2.05) is 0 Å². The van der Waals surface area contributed by atoms with Crippen LogP contribution in [-0.2, 0) is 14.8 Å². The molecule has 3 heterocycles. The SMILES string of the molecule is CS(=O)(=O)N(c1nc(Cl)nc(Nc2ccc(F)c(C(=O)N3CCOCC3)c2)n1)C1CCNCC1. The second kappa shape index (κ2) is 10.3. The lowest BCUT2D eigenvalue weighted by atomic mass is 10.1. The molecule has 0 radical (unpaired) electrons. The number of carbonyl (C=O) groups is 1. The van der Waals surface area contributed by atoms with Crippen LogP contribution in [0.2, 0.25) is 5.28 Å². The molecule has 0 bridgehead atoms. The van der Waals surface area contributed by atoms with Crippen molar-refractivity contribution in [3.8, 4) is 0 Å². The first-order chi connectivity index (χ1) is 16.2. The van der Waals surface area contributed by atoms with Gasteiger partial charge in [-0.3, -0.25) is 4.79 Å². The Balaban J connectivity index is 1.61. The van der Waals surface area contributed by atoms with Gasteiger partial charge in [-0.15, -0.1) is 0 Å². The highest BCUT2D eigenvalue weighted by atomic mass is 35.5. The van der Waals surface area contributed by atoms with Crippen molar-refractivity contribution in [1.29, 1.82) is 0 Å². The van der Waals surface area contributed by atoms with Crippen molar-refractivity contribution in [2.24, 2.45) is 0 Å². The minimum atomic E-state index is -3.70. The lowest BCUT2D eigenvalue weighted by Gasteiger charge is -2.32. The van der Waals surface area contributed by atoms with Crippen LogP contribution in [-0.4, -0.2) is 85.9 Å². The minimum absolute atomic E-state index is 0.0334. The average Bonchev–Trinajstić information content (AvgIpc) is 2.80. The molecule has 2 saturated heterocycles. The molecule has 1 aromatic heterocycles. The summed E-state index contributed by atoms with van der Waals surface area (Å²) in [4.78, 5) is 26.6. The molecule has 34 heavy (non-hydrogen) atoms. The van der Waals surface area contributed by atoms with Gasteiger partial charge in [-0.2, -0.15) is 15.0 Å². The number of morpholine rings is 1. The van der Waals surface area contributed by atoms with E-state index in [1.54, 1.807) is 0 Å². The van der Waals surface area contributed by atoms with Crippen molar-refractivity contribution in [1.82, 2.24) is 25.2 Å². The molecule has 2 aliphatic heterocycles. The monoisotopic (exact) mass is 513 g/mol. The zero-order valence-corrected chi connectivity index (χ0v) is 20.1. The molecule has 11 nitrogen and oxygen atoms in total. The van der Waals surface area contributed by atoms with Gasteiger partial charge in [-0.25, -0.2) is 17.1 Å². The Morgan fingerprint density at radius 2 is 1.94 bits per heavy atom. The first kappa shape index (κ1) is 24.5. The largest absolute Gasteiger partial charge is 0.378 e. The molecule has 2 N–H and O–H groups in total. The Bertz CT molecular complexity index is 1160. The number of hydrogen-bond acceptors (Lipinski definition) is 9. The van der Waals surface area contributed by atoms with Gasteiger partial charge in [-0.05, 0) is 55.7 Å². The summed E-state index contributed by atoms with van der Waals surface area (Å²) < 4.78 is 46.0. The van der Waals surface area contributed by atoms with Crippen LogP contribution in [0.1, 0.15) is 23.2 Å². The number of piperidine rings is 1. The summed E-state index contributed by atoms with van der Waals surface area (Å²) in [6.07, 6.45) is 2.26. The van der Waals surface area contributed by atoms with Gasteiger partial charge in [0, 0.05) is 18.8 Å². The minimum Gasteiger partial charge on any atom is -0.378 e. The highest BCUT2D eigenvalue weighted by Gasteiger charge is 2.31. The Hall–Kier alpha value is -2.61. The number of benzene rings is 1. The van der Waals surface area contributed by atoms with Crippen LogP contribution in [0.25, 0.3) is 0 Å². The summed E-state index contributed by atoms with van der Waals surface area (Å²) in [6, 6.07) is 3.61.